The first kappa shape index (κ1) is 31.0. The minimum absolute atomic E-state index is 0.0381. The highest BCUT2D eigenvalue weighted by Gasteiger charge is 2.37. The smallest absolute Gasteiger partial charge is 0.336 e. The minimum atomic E-state index is -0.524. The van der Waals surface area contributed by atoms with Crippen LogP contribution in [-0.4, -0.2) is 59.9 Å². The van der Waals surface area contributed by atoms with Crippen molar-refractivity contribution < 1.29 is 23.5 Å². The summed E-state index contributed by atoms with van der Waals surface area (Å²) < 4.78 is 18.9. The second-order valence-electron chi connectivity index (χ2n) is 10.3. The summed E-state index contributed by atoms with van der Waals surface area (Å²) in [7, 11) is 0. The summed E-state index contributed by atoms with van der Waals surface area (Å²) in [5, 5.41) is 3.08. The van der Waals surface area contributed by atoms with Crippen LogP contribution in [0, 0.1) is 5.82 Å². The maximum atomic E-state index is 13.5. The fraction of sp³-hybridized carbons (Fsp3) is 0.469. The molecule has 1 aliphatic heterocycles. The summed E-state index contributed by atoms with van der Waals surface area (Å²) in [6, 6.07) is 13.1. The largest absolute Gasteiger partial charge is 0.463 e. The maximum Gasteiger partial charge on any atom is 0.336 e. The average Bonchev–Trinajstić information content (AvgIpc) is 2.93. The quantitative estimate of drug-likeness (QED) is 0.337. The van der Waals surface area contributed by atoms with E-state index in [0.29, 0.717) is 22.4 Å². The van der Waals surface area contributed by atoms with E-state index >= 15 is 0 Å². The Labute approximate surface area is 237 Å². The molecule has 0 aliphatic carbocycles. The highest BCUT2D eigenvalue weighted by molar-refractivity contribution is 5.96. The highest BCUT2D eigenvalue weighted by atomic mass is 19.1. The van der Waals surface area contributed by atoms with E-state index in [-0.39, 0.29) is 43.2 Å². The van der Waals surface area contributed by atoms with Crippen LogP contribution in [0.1, 0.15) is 81.3 Å². The molecule has 216 valence electrons. The fourth-order valence-corrected chi connectivity index (χ4v) is 5.19. The zero-order valence-corrected chi connectivity index (χ0v) is 24.3. The number of carbonyl (C=O) groups excluding carboxylic acids is 3. The van der Waals surface area contributed by atoms with Gasteiger partial charge >= 0.3 is 5.97 Å². The molecule has 0 spiro atoms. The van der Waals surface area contributed by atoms with Crippen molar-refractivity contribution in [3.05, 3.63) is 82.3 Å². The highest BCUT2D eigenvalue weighted by Crippen LogP contribution is 2.37. The molecule has 1 aliphatic rings. The van der Waals surface area contributed by atoms with Crippen molar-refractivity contribution in [2.24, 2.45) is 0 Å². The molecule has 40 heavy (non-hydrogen) atoms. The van der Waals surface area contributed by atoms with E-state index in [9.17, 15) is 18.8 Å². The van der Waals surface area contributed by atoms with E-state index in [1.807, 2.05) is 13.0 Å². The van der Waals surface area contributed by atoms with Crippen LogP contribution in [0.5, 0.6) is 0 Å². The summed E-state index contributed by atoms with van der Waals surface area (Å²) >= 11 is 0. The summed E-state index contributed by atoms with van der Waals surface area (Å²) in [5.74, 6) is -1.71. The third kappa shape index (κ3) is 8.01. The second kappa shape index (κ2) is 14.7. The molecular weight excluding hydrogens is 509 g/mol. The Bertz CT molecular complexity index is 1210. The number of allylic oxidation sites excluding steroid dienone is 1. The van der Waals surface area contributed by atoms with E-state index in [0.717, 1.165) is 38.0 Å². The Morgan fingerprint density at radius 1 is 1.12 bits per heavy atom. The Kier molecular flexibility index (Phi) is 11.4. The van der Waals surface area contributed by atoms with Gasteiger partial charge in [-0.3, -0.25) is 9.59 Å². The molecule has 0 aromatic heterocycles. The lowest BCUT2D eigenvalue weighted by Crippen LogP contribution is -2.38. The lowest BCUT2D eigenvalue weighted by Gasteiger charge is -2.34. The minimum Gasteiger partial charge on any atom is -0.463 e. The second-order valence-corrected chi connectivity index (χ2v) is 10.3. The predicted octanol–water partition coefficient (Wildman–Crippen LogP) is 5.42. The zero-order chi connectivity index (χ0) is 29.2. The Hall–Kier alpha value is -3.52. The third-order valence-corrected chi connectivity index (χ3v) is 7.50. The van der Waals surface area contributed by atoms with Gasteiger partial charge in [0.15, 0.2) is 0 Å². The van der Waals surface area contributed by atoms with E-state index in [2.05, 4.69) is 24.1 Å². The van der Waals surface area contributed by atoms with Crippen molar-refractivity contribution >= 4 is 17.8 Å². The Morgan fingerprint density at radius 2 is 1.82 bits per heavy atom. The molecule has 0 bridgehead atoms. The van der Waals surface area contributed by atoms with Crippen molar-refractivity contribution in [1.29, 1.82) is 0 Å². The number of hydrogen-bond acceptors (Lipinski definition) is 5. The van der Waals surface area contributed by atoms with Gasteiger partial charge in [-0.2, -0.15) is 0 Å². The molecule has 2 atom stereocenters. The van der Waals surface area contributed by atoms with Gasteiger partial charge in [0.1, 0.15) is 5.82 Å². The van der Waals surface area contributed by atoms with Crippen molar-refractivity contribution in [1.82, 2.24) is 15.1 Å². The Morgan fingerprint density at radius 3 is 2.48 bits per heavy atom. The summed E-state index contributed by atoms with van der Waals surface area (Å²) in [4.78, 5) is 43.2. The molecule has 8 heteroatoms. The molecule has 1 N–H and O–H groups in total. The number of hydrogen-bond donors (Lipinski definition) is 1. The number of carbonyl (C=O) groups is 3. The number of rotatable bonds is 13. The number of esters is 1. The normalized spacial score (nSPS) is 16.3. The van der Waals surface area contributed by atoms with Crippen molar-refractivity contribution in [2.75, 3.05) is 26.2 Å². The van der Waals surface area contributed by atoms with Crippen molar-refractivity contribution in [3.8, 4) is 0 Å². The third-order valence-electron chi connectivity index (χ3n) is 7.50. The molecule has 3 rings (SSSR count). The van der Waals surface area contributed by atoms with E-state index < -0.39 is 11.9 Å². The van der Waals surface area contributed by atoms with Crippen LogP contribution < -0.4 is 5.32 Å². The first-order chi connectivity index (χ1) is 19.2. The number of amides is 2. The molecule has 2 aromatic carbocycles. The molecule has 2 aromatic rings. The van der Waals surface area contributed by atoms with Gasteiger partial charge in [0.25, 0.3) is 5.91 Å². The lowest BCUT2D eigenvalue weighted by molar-refractivity contribution is -0.140. The van der Waals surface area contributed by atoms with Crippen LogP contribution in [0.2, 0.25) is 0 Å². The molecule has 7 nitrogen and oxygen atoms in total. The van der Waals surface area contributed by atoms with Gasteiger partial charge in [-0.1, -0.05) is 38.1 Å². The van der Waals surface area contributed by atoms with E-state index in [1.54, 1.807) is 49.1 Å². The molecule has 0 saturated heterocycles. The van der Waals surface area contributed by atoms with Crippen LogP contribution >= 0.6 is 0 Å². The van der Waals surface area contributed by atoms with Gasteiger partial charge in [-0.05, 0) is 88.6 Å². The van der Waals surface area contributed by atoms with Crippen molar-refractivity contribution in [2.45, 2.75) is 72.4 Å². The lowest BCUT2D eigenvalue weighted by atomic mass is 9.83. The van der Waals surface area contributed by atoms with Gasteiger partial charge in [0.05, 0.1) is 18.7 Å². The van der Waals surface area contributed by atoms with Crippen molar-refractivity contribution in [3.63, 3.8) is 0 Å². The van der Waals surface area contributed by atoms with Crippen LogP contribution in [-0.2, 0) is 20.9 Å². The standard InChI is InChI=1S/C32H42FN3O4/c1-6-35(7-2)18-10-11-22(4)34-31(38)26-13-9-12-24(19-26)21-36-23(5)30(32(39)40-8-3)28(20-29(36)37)25-14-16-27(33)17-15-25/h9,12-17,19,22,28H,6-8,10-11,18,20-21H2,1-5H3,(H,34,38). The predicted molar refractivity (Wildman–Crippen MR) is 154 cm³/mol. The van der Waals surface area contributed by atoms with Gasteiger partial charge in [0.2, 0.25) is 5.91 Å². The SMILES string of the molecule is CCOC(=O)C1=C(C)N(Cc2cccc(C(=O)NC(C)CCCN(CC)CC)c2)C(=O)CC1c1ccc(F)cc1. The van der Waals surface area contributed by atoms with Gasteiger partial charge in [0, 0.05) is 29.6 Å². The van der Waals surface area contributed by atoms with Gasteiger partial charge in [-0.25, -0.2) is 9.18 Å². The molecule has 0 saturated carbocycles. The molecule has 0 radical (unpaired) electrons. The monoisotopic (exact) mass is 551 g/mol. The molecule has 1 heterocycles. The fourth-order valence-electron chi connectivity index (χ4n) is 5.19. The molecule has 2 unspecified atom stereocenters. The first-order valence-corrected chi connectivity index (χ1v) is 14.2. The van der Waals surface area contributed by atoms with Crippen LogP contribution in [0.3, 0.4) is 0 Å². The van der Waals surface area contributed by atoms with Crippen LogP contribution in [0.4, 0.5) is 4.39 Å². The number of nitrogens with zero attached hydrogens (tertiary/aromatic N) is 2. The molecule has 2 amide bonds. The maximum absolute atomic E-state index is 13.5. The van der Waals surface area contributed by atoms with Crippen LogP contribution in [0.15, 0.2) is 59.8 Å². The van der Waals surface area contributed by atoms with Gasteiger partial charge < -0.3 is 19.9 Å². The summed E-state index contributed by atoms with van der Waals surface area (Å²) in [5.41, 5.74) is 2.87. The first-order valence-electron chi connectivity index (χ1n) is 14.2. The number of nitrogens with one attached hydrogen (secondary N) is 1. The average molecular weight is 552 g/mol. The van der Waals surface area contributed by atoms with Crippen LogP contribution in [0.25, 0.3) is 0 Å². The van der Waals surface area contributed by atoms with Gasteiger partial charge in [-0.15, -0.1) is 0 Å². The number of halogens is 1. The van der Waals surface area contributed by atoms with E-state index in [1.165, 1.54) is 12.1 Å². The molecular formula is C32H42FN3O4. The number of ether oxygens (including phenoxy) is 1. The number of benzene rings is 2. The summed E-state index contributed by atoms with van der Waals surface area (Å²) in [6.07, 6.45) is 1.95. The topological polar surface area (TPSA) is 79.0 Å². The van der Waals surface area contributed by atoms with E-state index in [4.69, 9.17) is 4.74 Å². The summed E-state index contributed by atoms with van der Waals surface area (Å²) in [6.45, 7) is 13.2. The Balaban J connectivity index is 1.76. The molecule has 0 fully saturated rings. The zero-order valence-electron chi connectivity index (χ0n) is 24.3.